The summed E-state index contributed by atoms with van der Waals surface area (Å²) in [5, 5.41) is 0. The molecule has 96 valence electrons. The maximum atomic E-state index is 5.92. The number of hydrogen-bond donors (Lipinski definition) is 1. The monoisotopic (exact) mass is 244 g/mol. The Morgan fingerprint density at radius 2 is 2.11 bits per heavy atom. The van der Waals surface area contributed by atoms with Crippen molar-refractivity contribution in [2.24, 2.45) is 7.05 Å². The van der Waals surface area contributed by atoms with E-state index in [1.807, 2.05) is 36.1 Å². The second kappa shape index (κ2) is 5.23. The molecule has 2 rings (SSSR count). The van der Waals surface area contributed by atoms with Crippen molar-refractivity contribution in [3.63, 3.8) is 0 Å². The lowest BCUT2D eigenvalue weighted by Gasteiger charge is -2.18. The highest BCUT2D eigenvalue weighted by Gasteiger charge is 2.07. The van der Waals surface area contributed by atoms with Gasteiger partial charge in [0.25, 0.3) is 0 Å². The first-order valence-corrected chi connectivity index (χ1v) is 6.06. The molecule has 0 radical (unpaired) electrons. The van der Waals surface area contributed by atoms with E-state index in [4.69, 9.17) is 5.73 Å². The first-order valence-electron chi connectivity index (χ1n) is 6.06. The Morgan fingerprint density at radius 1 is 1.33 bits per heavy atom. The summed E-state index contributed by atoms with van der Waals surface area (Å²) in [5.74, 6) is 1.07. The van der Waals surface area contributed by atoms with E-state index in [9.17, 15) is 0 Å². The van der Waals surface area contributed by atoms with E-state index in [1.165, 1.54) is 11.1 Å². The number of imidazole rings is 1. The first kappa shape index (κ1) is 12.6. The number of aromatic nitrogens is 2. The average molecular weight is 244 g/mol. The zero-order valence-corrected chi connectivity index (χ0v) is 11.2. The third-order valence-corrected chi connectivity index (χ3v) is 3.26. The van der Waals surface area contributed by atoms with Crippen LogP contribution in [0.25, 0.3) is 0 Å². The standard InChI is InChI=1S/C14H20N4/c1-11-12(5-4-6-13(11)15)9-17(2)10-14-16-7-8-18(14)3/h4-8H,9-10,15H2,1-3H3. The fourth-order valence-electron chi connectivity index (χ4n) is 2.01. The van der Waals surface area contributed by atoms with E-state index >= 15 is 0 Å². The molecule has 1 heterocycles. The Kier molecular flexibility index (Phi) is 3.67. The molecule has 2 N–H and O–H groups in total. The molecule has 0 aliphatic rings. The number of rotatable bonds is 4. The third-order valence-electron chi connectivity index (χ3n) is 3.26. The summed E-state index contributed by atoms with van der Waals surface area (Å²) in [6, 6.07) is 6.07. The molecule has 0 saturated carbocycles. The highest BCUT2D eigenvalue weighted by Crippen LogP contribution is 2.17. The van der Waals surface area contributed by atoms with Crippen LogP contribution in [0.2, 0.25) is 0 Å². The highest BCUT2D eigenvalue weighted by atomic mass is 15.1. The van der Waals surface area contributed by atoms with Crippen molar-refractivity contribution in [1.82, 2.24) is 14.5 Å². The molecule has 18 heavy (non-hydrogen) atoms. The molecule has 0 atom stereocenters. The molecule has 0 bridgehead atoms. The molecule has 0 amide bonds. The van der Waals surface area contributed by atoms with Gasteiger partial charge in [0.2, 0.25) is 0 Å². The number of nitrogens with two attached hydrogens (primary N) is 1. The van der Waals surface area contributed by atoms with E-state index in [1.54, 1.807) is 0 Å². The average Bonchev–Trinajstić information content (AvgIpc) is 2.71. The van der Waals surface area contributed by atoms with E-state index in [2.05, 4.69) is 29.9 Å². The van der Waals surface area contributed by atoms with Gasteiger partial charge in [-0.1, -0.05) is 12.1 Å². The van der Waals surface area contributed by atoms with Gasteiger partial charge < -0.3 is 10.3 Å². The lowest BCUT2D eigenvalue weighted by atomic mass is 10.1. The van der Waals surface area contributed by atoms with Gasteiger partial charge in [-0.25, -0.2) is 4.98 Å². The van der Waals surface area contributed by atoms with Crippen molar-refractivity contribution in [1.29, 1.82) is 0 Å². The van der Waals surface area contributed by atoms with Gasteiger partial charge in [-0.3, -0.25) is 4.90 Å². The van der Waals surface area contributed by atoms with Gasteiger partial charge in [0.15, 0.2) is 0 Å². The van der Waals surface area contributed by atoms with Crippen molar-refractivity contribution >= 4 is 5.69 Å². The van der Waals surface area contributed by atoms with Crippen LogP contribution in [0.4, 0.5) is 5.69 Å². The molecule has 0 fully saturated rings. The normalized spacial score (nSPS) is 11.1. The first-order chi connectivity index (χ1) is 8.58. The molecular formula is C14H20N4. The van der Waals surface area contributed by atoms with Crippen LogP contribution in [-0.2, 0) is 20.1 Å². The Labute approximate surface area is 108 Å². The van der Waals surface area contributed by atoms with E-state index in [-0.39, 0.29) is 0 Å². The summed E-state index contributed by atoms with van der Waals surface area (Å²) in [6.07, 6.45) is 3.80. The zero-order chi connectivity index (χ0) is 13.1. The Balaban J connectivity index is 2.05. The van der Waals surface area contributed by atoms with Crippen molar-refractivity contribution in [2.45, 2.75) is 20.0 Å². The predicted octanol–water partition coefficient (Wildman–Crippen LogP) is 1.94. The summed E-state index contributed by atoms with van der Waals surface area (Å²) in [6.45, 7) is 3.78. The van der Waals surface area contributed by atoms with Crippen LogP contribution in [-0.4, -0.2) is 21.5 Å². The van der Waals surface area contributed by atoms with Gasteiger partial charge >= 0.3 is 0 Å². The van der Waals surface area contributed by atoms with E-state index < -0.39 is 0 Å². The molecule has 1 aromatic carbocycles. The van der Waals surface area contributed by atoms with Gasteiger partial charge in [0, 0.05) is 31.7 Å². The zero-order valence-electron chi connectivity index (χ0n) is 11.2. The van der Waals surface area contributed by atoms with Crippen molar-refractivity contribution in [3.8, 4) is 0 Å². The minimum Gasteiger partial charge on any atom is -0.399 e. The number of nitrogen functional groups attached to an aromatic ring is 1. The van der Waals surface area contributed by atoms with Gasteiger partial charge in [-0.15, -0.1) is 0 Å². The number of benzene rings is 1. The van der Waals surface area contributed by atoms with Crippen LogP contribution in [0.5, 0.6) is 0 Å². The van der Waals surface area contributed by atoms with Crippen LogP contribution in [0.1, 0.15) is 17.0 Å². The van der Waals surface area contributed by atoms with Gasteiger partial charge in [-0.2, -0.15) is 0 Å². The molecule has 1 aromatic heterocycles. The summed E-state index contributed by atoms with van der Waals surface area (Å²) >= 11 is 0. The number of nitrogens with zero attached hydrogens (tertiary/aromatic N) is 3. The van der Waals surface area contributed by atoms with Crippen LogP contribution in [0, 0.1) is 6.92 Å². The predicted molar refractivity (Wildman–Crippen MR) is 74.0 cm³/mol. The smallest absolute Gasteiger partial charge is 0.122 e. The molecule has 0 saturated heterocycles. The summed E-state index contributed by atoms with van der Waals surface area (Å²) in [7, 11) is 4.11. The molecule has 0 aliphatic heterocycles. The van der Waals surface area contributed by atoms with Gasteiger partial charge in [0.05, 0.1) is 6.54 Å². The lowest BCUT2D eigenvalue weighted by Crippen LogP contribution is -2.20. The quantitative estimate of drug-likeness (QED) is 0.836. The molecule has 0 unspecified atom stereocenters. The molecule has 4 heteroatoms. The maximum Gasteiger partial charge on any atom is 0.122 e. The highest BCUT2D eigenvalue weighted by molar-refractivity contribution is 5.49. The van der Waals surface area contributed by atoms with E-state index in [0.29, 0.717) is 0 Å². The fraction of sp³-hybridized carbons (Fsp3) is 0.357. The molecule has 0 spiro atoms. The van der Waals surface area contributed by atoms with Crippen molar-refractivity contribution in [3.05, 3.63) is 47.5 Å². The Hall–Kier alpha value is -1.81. The van der Waals surface area contributed by atoms with Gasteiger partial charge in [-0.05, 0) is 31.2 Å². The van der Waals surface area contributed by atoms with Crippen molar-refractivity contribution < 1.29 is 0 Å². The summed E-state index contributed by atoms with van der Waals surface area (Å²) in [4.78, 5) is 6.57. The number of hydrogen-bond acceptors (Lipinski definition) is 3. The van der Waals surface area contributed by atoms with E-state index in [0.717, 1.165) is 24.6 Å². The second-order valence-electron chi connectivity index (χ2n) is 4.76. The minimum atomic E-state index is 0.831. The molecule has 4 nitrogen and oxygen atoms in total. The number of aryl methyl sites for hydroxylation is 1. The molecule has 0 aliphatic carbocycles. The van der Waals surface area contributed by atoms with Gasteiger partial charge in [0.1, 0.15) is 5.82 Å². The lowest BCUT2D eigenvalue weighted by molar-refractivity contribution is 0.306. The largest absolute Gasteiger partial charge is 0.399 e. The van der Waals surface area contributed by atoms with Crippen LogP contribution in [0.15, 0.2) is 30.6 Å². The molecule has 2 aromatic rings. The minimum absolute atomic E-state index is 0.831. The molecular weight excluding hydrogens is 224 g/mol. The van der Waals surface area contributed by atoms with Crippen LogP contribution in [0.3, 0.4) is 0 Å². The summed E-state index contributed by atoms with van der Waals surface area (Å²) < 4.78 is 2.04. The fourth-order valence-corrected chi connectivity index (χ4v) is 2.01. The SMILES string of the molecule is Cc1c(N)cccc1CN(C)Cc1nccn1C. The maximum absolute atomic E-state index is 5.92. The topological polar surface area (TPSA) is 47.1 Å². The summed E-state index contributed by atoms with van der Waals surface area (Å²) in [5.41, 5.74) is 9.22. The van der Waals surface area contributed by atoms with Crippen LogP contribution < -0.4 is 5.73 Å². The van der Waals surface area contributed by atoms with Crippen LogP contribution >= 0.6 is 0 Å². The Bertz CT molecular complexity index is 530. The second-order valence-corrected chi connectivity index (χ2v) is 4.76. The number of anilines is 1. The van der Waals surface area contributed by atoms with Crippen molar-refractivity contribution in [2.75, 3.05) is 12.8 Å². The Morgan fingerprint density at radius 3 is 2.78 bits per heavy atom. The third kappa shape index (κ3) is 2.71.